The Balaban J connectivity index is 2.20. The number of nitrogens with one attached hydrogen (secondary N) is 2. The summed E-state index contributed by atoms with van der Waals surface area (Å²) in [6, 6.07) is 6.07. The predicted molar refractivity (Wildman–Crippen MR) is 86.7 cm³/mol. The van der Waals surface area contributed by atoms with Gasteiger partial charge < -0.3 is 5.32 Å². The first-order valence-corrected chi connectivity index (χ1v) is 8.09. The predicted octanol–water partition coefficient (Wildman–Crippen LogP) is 2.38. The smallest absolute Gasteiger partial charge is 0.321 e. The summed E-state index contributed by atoms with van der Waals surface area (Å²) in [5.41, 5.74) is 1.00. The highest BCUT2D eigenvalue weighted by atomic mass is 35.5. The lowest BCUT2D eigenvalue weighted by molar-refractivity contribution is 0.248. The molecular weight excluding hydrogens is 324 g/mol. The maximum Gasteiger partial charge on any atom is 0.321 e. The van der Waals surface area contributed by atoms with Gasteiger partial charge in [0.05, 0.1) is 11.6 Å². The van der Waals surface area contributed by atoms with Crippen LogP contribution >= 0.6 is 23.4 Å². The van der Waals surface area contributed by atoms with Crippen molar-refractivity contribution in [3.05, 3.63) is 50.8 Å². The molecule has 8 heteroatoms. The molecule has 0 spiro atoms. The van der Waals surface area contributed by atoms with E-state index < -0.39 is 6.04 Å². The van der Waals surface area contributed by atoms with Crippen molar-refractivity contribution in [1.29, 1.82) is 0 Å². The van der Waals surface area contributed by atoms with E-state index in [1.54, 1.807) is 31.3 Å². The Morgan fingerprint density at radius 2 is 1.95 bits per heavy atom. The molecular formula is C14H13ClN4O2S. The third-order valence-electron chi connectivity index (χ3n) is 3.47. The minimum atomic E-state index is -0.553. The second-order valence-corrected chi connectivity index (χ2v) is 6.02. The number of fused-ring (bicyclic) bond motifs is 1. The third kappa shape index (κ3) is 2.46. The highest BCUT2D eigenvalue weighted by Crippen LogP contribution is 2.29. The topological polar surface area (TPSA) is 76.0 Å². The molecule has 0 saturated heterocycles. The quantitative estimate of drug-likeness (QED) is 0.652. The molecule has 2 amide bonds. The summed E-state index contributed by atoms with van der Waals surface area (Å²) >= 11 is 7.24. The van der Waals surface area contributed by atoms with E-state index in [1.807, 2.05) is 6.26 Å². The molecule has 0 aliphatic carbocycles. The van der Waals surface area contributed by atoms with Crippen LogP contribution in [0, 0.1) is 0 Å². The minimum Gasteiger partial charge on any atom is -0.327 e. The van der Waals surface area contributed by atoms with Gasteiger partial charge in [0.15, 0.2) is 5.16 Å². The van der Waals surface area contributed by atoms with E-state index in [-0.39, 0.29) is 11.6 Å². The number of anilines is 1. The molecule has 114 valence electrons. The van der Waals surface area contributed by atoms with Crippen LogP contribution in [0.25, 0.3) is 0 Å². The van der Waals surface area contributed by atoms with Gasteiger partial charge >= 0.3 is 6.03 Å². The van der Waals surface area contributed by atoms with Crippen LogP contribution in [0.5, 0.6) is 0 Å². The summed E-state index contributed by atoms with van der Waals surface area (Å²) in [7, 11) is 1.66. The first kappa shape index (κ1) is 14.9. The summed E-state index contributed by atoms with van der Waals surface area (Å²) in [5.74, 6) is 0.302. The van der Waals surface area contributed by atoms with E-state index in [2.05, 4.69) is 15.6 Å². The number of amides is 2. The number of hydrogen-bond donors (Lipinski definition) is 2. The Kier molecular flexibility index (Phi) is 3.84. The van der Waals surface area contributed by atoms with E-state index >= 15 is 0 Å². The Morgan fingerprint density at radius 1 is 1.27 bits per heavy atom. The van der Waals surface area contributed by atoms with Gasteiger partial charge in [-0.1, -0.05) is 35.5 Å². The second kappa shape index (κ2) is 5.66. The van der Waals surface area contributed by atoms with Crippen LogP contribution in [0.15, 0.2) is 34.2 Å². The van der Waals surface area contributed by atoms with Gasteiger partial charge in [-0.25, -0.2) is 9.78 Å². The van der Waals surface area contributed by atoms with Crippen molar-refractivity contribution < 1.29 is 4.79 Å². The van der Waals surface area contributed by atoms with Crippen LogP contribution in [0.4, 0.5) is 10.6 Å². The zero-order chi connectivity index (χ0) is 15.9. The zero-order valence-corrected chi connectivity index (χ0v) is 13.5. The van der Waals surface area contributed by atoms with Crippen LogP contribution in [-0.4, -0.2) is 21.8 Å². The Morgan fingerprint density at radius 3 is 2.59 bits per heavy atom. The van der Waals surface area contributed by atoms with Gasteiger partial charge in [-0.2, -0.15) is 0 Å². The average molecular weight is 337 g/mol. The molecule has 1 aliphatic rings. The molecule has 2 aromatic rings. The van der Waals surface area contributed by atoms with Crippen molar-refractivity contribution in [2.45, 2.75) is 11.2 Å². The molecule has 0 radical (unpaired) electrons. The maximum atomic E-state index is 12.6. The van der Waals surface area contributed by atoms with Gasteiger partial charge in [0, 0.05) is 12.1 Å². The standard InChI is InChI=1S/C14H13ClN4O2S/c1-19-12(20)9-10(7-3-5-8(15)6-4-7)16-13(21)17-11(9)18-14(19)22-2/h3-6,10H,1-2H3,(H2,16,17,21). The molecule has 1 atom stereocenters. The molecule has 2 heterocycles. The van der Waals surface area contributed by atoms with Crippen LogP contribution in [0.3, 0.4) is 0 Å². The van der Waals surface area contributed by atoms with E-state index in [0.29, 0.717) is 21.6 Å². The number of carbonyl (C=O) groups is 1. The number of thioether (sulfide) groups is 1. The summed E-state index contributed by atoms with van der Waals surface area (Å²) < 4.78 is 1.48. The molecule has 2 N–H and O–H groups in total. The number of benzene rings is 1. The van der Waals surface area contributed by atoms with E-state index in [4.69, 9.17) is 11.6 Å². The lowest BCUT2D eigenvalue weighted by Crippen LogP contribution is -2.43. The van der Waals surface area contributed by atoms with Crippen molar-refractivity contribution in [3.8, 4) is 0 Å². The number of hydrogen-bond acceptors (Lipinski definition) is 4. The first-order chi connectivity index (χ1) is 10.5. The fraction of sp³-hybridized carbons (Fsp3) is 0.214. The molecule has 1 unspecified atom stereocenters. The highest BCUT2D eigenvalue weighted by molar-refractivity contribution is 7.98. The maximum absolute atomic E-state index is 12.6. The lowest BCUT2D eigenvalue weighted by Gasteiger charge is -2.27. The van der Waals surface area contributed by atoms with Crippen LogP contribution in [-0.2, 0) is 7.05 Å². The van der Waals surface area contributed by atoms with Crippen LogP contribution in [0.2, 0.25) is 5.02 Å². The average Bonchev–Trinajstić information content (AvgIpc) is 2.50. The number of aromatic nitrogens is 2. The summed E-state index contributed by atoms with van der Waals surface area (Å²) in [6.07, 6.45) is 1.83. The molecule has 1 aromatic carbocycles. The third-order valence-corrected chi connectivity index (χ3v) is 4.45. The van der Waals surface area contributed by atoms with Crippen LogP contribution in [0.1, 0.15) is 17.2 Å². The van der Waals surface area contributed by atoms with Gasteiger partial charge in [-0.15, -0.1) is 0 Å². The molecule has 0 saturated carbocycles. The Bertz CT molecular complexity index is 804. The van der Waals surface area contributed by atoms with Crippen molar-refractivity contribution >= 4 is 35.2 Å². The van der Waals surface area contributed by atoms with Gasteiger partial charge in [-0.3, -0.25) is 14.7 Å². The van der Waals surface area contributed by atoms with E-state index in [0.717, 1.165) is 5.56 Å². The number of nitrogens with zero attached hydrogens (tertiary/aromatic N) is 2. The largest absolute Gasteiger partial charge is 0.327 e. The van der Waals surface area contributed by atoms with Crippen molar-refractivity contribution in [2.75, 3.05) is 11.6 Å². The van der Waals surface area contributed by atoms with Crippen molar-refractivity contribution in [3.63, 3.8) is 0 Å². The molecule has 3 rings (SSSR count). The first-order valence-electron chi connectivity index (χ1n) is 6.49. The monoisotopic (exact) mass is 336 g/mol. The van der Waals surface area contributed by atoms with E-state index in [1.165, 1.54) is 16.3 Å². The zero-order valence-electron chi connectivity index (χ0n) is 11.9. The molecule has 1 aromatic heterocycles. The fourth-order valence-corrected chi connectivity index (χ4v) is 3.06. The van der Waals surface area contributed by atoms with Gasteiger partial charge in [0.1, 0.15) is 5.82 Å². The molecule has 22 heavy (non-hydrogen) atoms. The summed E-state index contributed by atoms with van der Waals surface area (Å²) in [4.78, 5) is 28.9. The fourth-order valence-electron chi connectivity index (χ4n) is 2.39. The Hall–Kier alpha value is -1.99. The lowest BCUT2D eigenvalue weighted by atomic mass is 9.99. The number of carbonyl (C=O) groups excluding carboxylic acids is 1. The Labute approximate surface area is 135 Å². The number of urea groups is 1. The highest BCUT2D eigenvalue weighted by Gasteiger charge is 2.31. The van der Waals surface area contributed by atoms with Crippen molar-refractivity contribution in [2.24, 2.45) is 7.05 Å². The van der Waals surface area contributed by atoms with E-state index in [9.17, 15) is 9.59 Å². The molecule has 1 aliphatic heterocycles. The number of halogens is 1. The number of rotatable bonds is 2. The summed E-state index contributed by atoms with van der Waals surface area (Å²) in [5, 5.41) is 6.49. The minimum absolute atomic E-state index is 0.193. The second-order valence-electron chi connectivity index (χ2n) is 4.81. The summed E-state index contributed by atoms with van der Waals surface area (Å²) in [6.45, 7) is 0. The molecule has 0 fully saturated rings. The molecule has 6 nitrogen and oxygen atoms in total. The van der Waals surface area contributed by atoms with Gasteiger partial charge in [-0.05, 0) is 24.0 Å². The van der Waals surface area contributed by atoms with Gasteiger partial charge in [0.25, 0.3) is 5.56 Å². The van der Waals surface area contributed by atoms with Crippen LogP contribution < -0.4 is 16.2 Å². The van der Waals surface area contributed by atoms with Gasteiger partial charge in [0.2, 0.25) is 0 Å². The van der Waals surface area contributed by atoms with Crippen molar-refractivity contribution in [1.82, 2.24) is 14.9 Å². The molecule has 0 bridgehead atoms. The SMILES string of the molecule is CSc1nc2c(c(=O)n1C)C(c1ccc(Cl)cc1)NC(=O)N2. The normalized spacial score (nSPS) is 16.7.